The van der Waals surface area contributed by atoms with Gasteiger partial charge >= 0.3 is 23.9 Å². The summed E-state index contributed by atoms with van der Waals surface area (Å²) in [6.45, 7) is 5.56. The second kappa shape index (κ2) is 15.9. The molecule has 0 bridgehead atoms. The van der Waals surface area contributed by atoms with E-state index in [9.17, 15) is 19.2 Å². The molecule has 0 radical (unpaired) electrons. The summed E-state index contributed by atoms with van der Waals surface area (Å²) in [5.74, 6) is -1.67. The quantitative estimate of drug-likeness (QED) is 0.231. The third-order valence-corrected chi connectivity index (χ3v) is 3.77. The Balaban J connectivity index is 3.46. The van der Waals surface area contributed by atoms with E-state index in [0.717, 1.165) is 51.4 Å². The van der Waals surface area contributed by atoms with Crippen LogP contribution in [0.1, 0.15) is 91.9 Å². The lowest BCUT2D eigenvalue weighted by Crippen LogP contribution is -2.20. The Morgan fingerprint density at radius 1 is 0.536 bits per heavy atom. The van der Waals surface area contributed by atoms with E-state index in [0.29, 0.717) is 12.8 Å². The maximum absolute atomic E-state index is 11.5. The van der Waals surface area contributed by atoms with Crippen LogP contribution < -0.4 is 0 Å². The molecule has 0 aromatic rings. The van der Waals surface area contributed by atoms with Crippen molar-refractivity contribution in [3.05, 3.63) is 0 Å². The zero-order valence-corrected chi connectivity index (χ0v) is 17.5. The lowest BCUT2D eigenvalue weighted by molar-refractivity contribution is -0.184. The van der Waals surface area contributed by atoms with E-state index in [1.807, 2.05) is 0 Å². The molecule has 0 aromatic carbocycles. The van der Waals surface area contributed by atoms with Gasteiger partial charge in [-0.25, -0.2) is 0 Å². The first-order chi connectivity index (χ1) is 13.2. The second-order valence-corrected chi connectivity index (χ2v) is 6.66. The summed E-state index contributed by atoms with van der Waals surface area (Å²) < 4.78 is 19.4. The van der Waals surface area contributed by atoms with Crippen molar-refractivity contribution in [3.8, 4) is 0 Å². The molecule has 0 aliphatic rings. The minimum Gasteiger partial charge on any atom is -0.426 e. The first kappa shape index (κ1) is 25.9. The molecule has 0 amide bonds. The Morgan fingerprint density at radius 3 is 1.11 bits per heavy atom. The monoisotopic (exact) mass is 402 g/mol. The van der Waals surface area contributed by atoms with Crippen molar-refractivity contribution >= 4 is 23.9 Å². The van der Waals surface area contributed by atoms with E-state index in [1.165, 1.54) is 27.7 Å². The molecule has 0 aliphatic heterocycles. The van der Waals surface area contributed by atoms with Crippen LogP contribution in [0, 0.1) is 0 Å². The van der Waals surface area contributed by atoms with Crippen LogP contribution in [0.4, 0.5) is 0 Å². The maximum Gasteiger partial charge on any atom is 0.308 e. The zero-order chi connectivity index (χ0) is 21.4. The van der Waals surface area contributed by atoms with Gasteiger partial charge in [-0.3, -0.25) is 19.2 Å². The van der Waals surface area contributed by atoms with Crippen molar-refractivity contribution in [2.45, 2.75) is 104 Å². The lowest BCUT2D eigenvalue weighted by atomic mass is 10.1. The van der Waals surface area contributed by atoms with E-state index >= 15 is 0 Å². The molecule has 2 unspecified atom stereocenters. The minimum atomic E-state index is -0.841. The van der Waals surface area contributed by atoms with Crippen molar-refractivity contribution in [2.24, 2.45) is 0 Å². The molecule has 0 saturated carbocycles. The molecule has 8 heteroatoms. The molecule has 8 nitrogen and oxygen atoms in total. The molecule has 2 atom stereocenters. The van der Waals surface area contributed by atoms with Crippen molar-refractivity contribution in [3.63, 3.8) is 0 Å². The Hall–Kier alpha value is -2.12. The summed E-state index contributed by atoms with van der Waals surface area (Å²) in [4.78, 5) is 44.5. The number of rotatable bonds is 15. The standard InChI is InChI=1S/C20H34O8/c1-15(21)25-17(3)27-19(23)13-11-9-7-5-6-8-10-12-14-20(24)28-18(4)26-16(2)22/h17-18H,5-14H2,1-4H3. The van der Waals surface area contributed by atoms with E-state index < -0.39 is 24.5 Å². The zero-order valence-electron chi connectivity index (χ0n) is 17.5. The molecule has 162 valence electrons. The normalized spacial score (nSPS) is 12.6. The number of carbonyl (C=O) groups is 4. The van der Waals surface area contributed by atoms with Crippen molar-refractivity contribution in [2.75, 3.05) is 0 Å². The third kappa shape index (κ3) is 17.3. The van der Waals surface area contributed by atoms with Gasteiger partial charge in [0.1, 0.15) is 0 Å². The molecular weight excluding hydrogens is 368 g/mol. The SMILES string of the molecule is CC(=O)OC(C)OC(=O)CCCCCCCCCCC(=O)OC(C)OC(C)=O. The first-order valence-corrected chi connectivity index (χ1v) is 9.94. The van der Waals surface area contributed by atoms with Crippen LogP contribution in [-0.4, -0.2) is 36.5 Å². The summed E-state index contributed by atoms with van der Waals surface area (Å²) in [5.41, 5.74) is 0. The van der Waals surface area contributed by atoms with Gasteiger partial charge in [0.25, 0.3) is 0 Å². The van der Waals surface area contributed by atoms with Crippen LogP contribution in [0.2, 0.25) is 0 Å². The molecule has 0 fully saturated rings. The second-order valence-electron chi connectivity index (χ2n) is 6.66. The topological polar surface area (TPSA) is 105 Å². The van der Waals surface area contributed by atoms with Crippen LogP contribution in [0.25, 0.3) is 0 Å². The Labute approximate surface area is 167 Å². The van der Waals surface area contributed by atoms with Crippen molar-refractivity contribution in [1.29, 1.82) is 0 Å². The van der Waals surface area contributed by atoms with Gasteiger partial charge in [-0.2, -0.15) is 0 Å². The van der Waals surface area contributed by atoms with Crippen LogP contribution in [-0.2, 0) is 38.1 Å². The van der Waals surface area contributed by atoms with Gasteiger partial charge in [0.2, 0.25) is 12.6 Å². The van der Waals surface area contributed by atoms with E-state index in [4.69, 9.17) is 18.9 Å². The van der Waals surface area contributed by atoms with E-state index in [-0.39, 0.29) is 11.9 Å². The number of carbonyl (C=O) groups excluding carboxylic acids is 4. The predicted molar refractivity (Wildman–Crippen MR) is 101 cm³/mol. The molecule has 0 heterocycles. The molecular formula is C20H34O8. The minimum absolute atomic E-state index is 0.319. The Morgan fingerprint density at radius 2 is 0.821 bits per heavy atom. The number of ether oxygens (including phenoxy) is 4. The predicted octanol–water partition coefficient (Wildman–Crippen LogP) is 3.79. The highest BCUT2D eigenvalue weighted by molar-refractivity contribution is 5.70. The van der Waals surface area contributed by atoms with Gasteiger partial charge in [0.05, 0.1) is 0 Å². The highest BCUT2D eigenvalue weighted by Gasteiger charge is 2.12. The smallest absolute Gasteiger partial charge is 0.308 e. The molecule has 0 saturated heterocycles. The number of esters is 4. The maximum atomic E-state index is 11.5. The van der Waals surface area contributed by atoms with Crippen molar-refractivity contribution < 1.29 is 38.1 Å². The van der Waals surface area contributed by atoms with Gasteiger partial charge in [-0.05, 0) is 12.8 Å². The van der Waals surface area contributed by atoms with Gasteiger partial charge in [0.15, 0.2) is 0 Å². The summed E-state index contributed by atoms with van der Waals surface area (Å²) in [6, 6.07) is 0. The molecule has 0 aromatic heterocycles. The van der Waals surface area contributed by atoms with Gasteiger partial charge in [0, 0.05) is 40.5 Å². The lowest BCUT2D eigenvalue weighted by Gasteiger charge is -2.12. The summed E-state index contributed by atoms with van der Waals surface area (Å²) in [7, 11) is 0. The average Bonchev–Trinajstić information content (AvgIpc) is 2.54. The fraction of sp³-hybridized carbons (Fsp3) is 0.800. The van der Waals surface area contributed by atoms with Crippen LogP contribution in [0.15, 0.2) is 0 Å². The summed E-state index contributed by atoms with van der Waals surface area (Å²) in [5, 5.41) is 0. The molecule has 0 N–H and O–H groups in total. The highest BCUT2D eigenvalue weighted by Crippen LogP contribution is 2.12. The summed E-state index contributed by atoms with van der Waals surface area (Å²) in [6.07, 6.45) is 6.56. The third-order valence-electron chi connectivity index (χ3n) is 3.77. The van der Waals surface area contributed by atoms with E-state index in [1.54, 1.807) is 0 Å². The molecule has 0 spiro atoms. The highest BCUT2D eigenvalue weighted by atomic mass is 16.7. The molecule has 28 heavy (non-hydrogen) atoms. The summed E-state index contributed by atoms with van der Waals surface area (Å²) >= 11 is 0. The fourth-order valence-electron chi connectivity index (χ4n) is 2.60. The average molecular weight is 402 g/mol. The van der Waals surface area contributed by atoms with Crippen LogP contribution in [0.5, 0.6) is 0 Å². The molecule has 0 rings (SSSR count). The Bertz CT molecular complexity index is 445. The van der Waals surface area contributed by atoms with E-state index in [2.05, 4.69) is 0 Å². The largest absolute Gasteiger partial charge is 0.426 e. The number of unbranched alkanes of at least 4 members (excludes halogenated alkanes) is 7. The first-order valence-electron chi connectivity index (χ1n) is 9.94. The van der Waals surface area contributed by atoms with Gasteiger partial charge in [-0.15, -0.1) is 0 Å². The van der Waals surface area contributed by atoms with Crippen molar-refractivity contribution in [1.82, 2.24) is 0 Å². The number of hydrogen-bond acceptors (Lipinski definition) is 8. The number of hydrogen-bond donors (Lipinski definition) is 0. The fourth-order valence-corrected chi connectivity index (χ4v) is 2.60. The molecule has 0 aliphatic carbocycles. The Kier molecular flexibility index (Phi) is 14.7. The van der Waals surface area contributed by atoms with Crippen LogP contribution in [0.3, 0.4) is 0 Å². The van der Waals surface area contributed by atoms with Crippen LogP contribution >= 0.6 is 0 Å². The van der Waals surface area contributed by atoms with Gasteiger partial charge < -0.3 is 18.9 Å². The van der Waals surface area contributed by atoms with Gasteiger partial charge in [-0.1, -0.05) is 38.5 Å².